The normalized spacial score (nSPS) is 20.4. The maximum atomic E-state index is 9.70. The van der Waals surface area contributed by atoms with Crippen molar-refractivity contribution in [3.63, 3.8) is 0 Å². The smallest absolute Gasteiger partial charge is 0.223 e. The number of rotatable bonds is 9. The summed E-state index contributed by atoms with van der Waals surface area (Å²) in [6.07, 6.45) is 8.66. The lowest BCUT2D eigenvalue weighted by atomic mass is 9.82. The Balaban J connectivity index is 1.42. The molecule has 0 spiro atoms. The molecule has 10 heteroatoms. The Morgan fingerprint density at radius 2 is 2.08 bits per heavy atom. The molecule has 0 bridgehead atoms. The van der Waals surface area contributed by atoms with E-state index < -0.39 is 5.41 Å². The summed E-state index contributed by atoms with van der Waals surface area (Å²) >= 11 is 6.50. The SMILES string of the molecule is COCC(C)NC1CCC(=Nc2cc(-c3ccnc(NCC4(C#N)CCOCC4)n3)c(Cl)cn2)CC1. The molecule has 0 aromatic carbocycles. The summed E-state index contributed by atoms with van der Waals surface area (Å²) in [5, 5.41) is 17.1. The highest BCUT2D eigenvalue weighted by Gasteiger charge is 2.32. The van der Waals surface area contributed by atoms with Gasteiger partial charge in [0.15, 0.2) is 5.82 Å². The van der Waals surface area contributed by atoms with Crippen LogP contribution >= 0.6 is 11.6 Å². The van der Waals surface area contributed by atoms with E-state index in [1.54, 1.807) is 19.5 Å². The van der Waals surface area contributed by atoms with E-state index in [9.17, 15) is 5.26 Å². The van der Waals surface area contributed by atoms with Crippen LogP contribution in [0, 0.1) is 16.7 Å². The molecule has 36 heavy (non-hydrogen) atoms. The number of aromatic nitrogens is 3. The standard InChI is InChI=1S/C26H34ClN7O2/c1-18(15-35-2)32-19-3-5-20(6-4-19)33-24-13-21(22(27)14-30-24)23-7-10-29-25(34-23)31-17-26(16-28)8-11-36-12-9-26/h7,10,13-14,18-19,32H,3-6,8-9,11-12,15,17H2,1-2H3,(H,29,31,34). The summed E-state index contributed by atoms with van der Waals surface area (Å²) in [6.45, 7) is 4.52. The fourth-order valence-electron chi connectivity index (χ4n) is 4.71. The van der Waals surface area contributed by atoms with Gasteiger partial charge in [-0.15, -0.1) is 0 Å². The van der Waals surface area contributed by atoms with Gasteiger partial charge in [-0.3, -0.25) is 0 Å². The third kappa shape index (κ3) is 6.98. The van der Waals surface area contributed by atoms with E-state index in [0.717, 1.165) is 37.0 Å². The van der Waals surface area contributed by atoms with Crippen molar-refractivity contribution in [3.8, 4) is 17.3 Å². The highest BCUT2D eigenvalue weighted by atomic mass is 35.5. The van der Waals surface area contributed by atoms with E-state index in [4.69, 9.17) is 26.1 Å². The number of pyridine rings is 1. The van der Waals surface area contributed by atoms with Crippen LogP contribution in [0.4, 0.5) is 11.8 Å². The Labute approximate surface area is 217 Å². The predicted molar refractivity (Wildman–Crippen MR) is 141 cm³/mol. The average Bonchev–Trinajstić information content (AvgIpc) is 2.90. The van der Waals surface area contributed by atoms with Gasteiger partial charge in [-0.05, 0) is 57.6 Å². The van der Waals surface area contributed by atoms with Crippen molar-refractivity contribution in [2.45, 2.75) is 57.5 Å². The molecule has 1 aliphatic heterocycles. The summed E-state index contributed by atoms with van der Waals surface area (Å²) in [6, 6.07) is 6.97. The second-order valence-electron chi connectivity index (χ2n) is 9.62. The molecule has 2 aromatic rings. The summed E-state index contributed by atoms with van der Waals surface area (Å²) in [5.41, 5.74) is 2.11. The number of anilines is 1. The minimum Gasteiger partial charge on any atom is -0.383 e. The van der Waals surface area contributed by atoms with Crippen molar-refractivity contribution < 1.29 is 9.47 Å². The van der Waals surface area contributed by atoms with Crippen molar-refractivity contribution in [1.82, 2.24) is 20.3 Å². The molecule has 2 aliphatic rings. The minimum absolute atomic E-state index is 0.341. The van der Waals surface area contributed by atoms with Crippen LogP contribution in [0.15, 0.2) is 29.5 Å². The van der Waals surface area contributed by atoms with Gasteiger partial charge in [-0.2, -0.15) is 5.26 Å². The third-order valence-corrected chi connectivity index (χ3v) is 7.12. The van der Waals surface area contributed by atoms with Crippen LogP contribution in [0.3, 0.4) is 0 Å². The largest absolute Gasteiger partial charge is 0.383 e. The molecule has 2 fully saturated rings. The van der Waals surface area contributed by atoms with Crippen molar-refractivity contribution in [1.29, 1.82) is 5.26 Å². The third-order valence-electron chi connectivity index (χ3n) is 6.82. The van der Waals surface area contributed by atoms with Gasteiger partial charge in [-0.25, -0.2) is 19.9 Å². The zero-order valence-electron chi connectivity index (χ0n) is 21.0. The highest BCUT2D eigenvalue weighted by molar-refractivity contribution is 6.33. The number of halogens is 1. The van der Waals surface area contributed by atoms with Gasteiger partial charge in [0.2, 0.25) is 5.95 Å². The molecule has 3 heterocycles. The number of aliphatic imine (C=N–C) groups is 1. The van der Waals surface area contributed by atoms with Crippen LogP contribution in [0.25, 0.3) is 11.3 Å². The maximum Gasteiger partial charge on any atom is 0.223 e. The van der Waals surface area contributed by atoms with Crippen LogP contribution < -0.4 is 10.6 Å². The van der Waals surface area contributed by atoms with E-state index in [1.807, 2.05) is 12.1 Å². The van der Waals surface area contributed by atoms with Gasteiger partial charge in [0, 0.05) is 62.6 Å². The topological polar surface area (TPSA) is 117 Å². The quantitative estimate of drug-likeness (QED) is 0.503. The van der Waals surface area contributed by atoms with Gasteiger partial charge in [0.05, 0.1) is 28.8 Å². The number of nitriles is 1. The summed E-state index contributed by atoms with van der Waals surface area (Å²) in [5.74, 6) is 1.09. The molecule has 192 valence electrons. The number of nitrogens with zero attached hydrogens (tertiary/aromatic N) is 5. The molecular formula is C26H34ClN7O2. The molecule has 0 radical (unpaired) electrons. The molecule has 0 amide bonds. The molecular weight excluding hydrogens is 478 g/mol. The molecule has 2 aromatic heterocycles. The molecule has 1 saturated carbocycles. The second-order valence-corrected chi connectivity index (χ2v) is 10.0. The zero-order chi connectivity index (χ0) is 25.4. The summed E-state index contributed by atoms with van der Waals surface area (Å²) < 4.78 is 10.6. The lowest BCUT2D eigenvalue weighted by Gasteiger charge is -2.30. The maximum absolute atomic E-state index is 9.70. The molecule has 1 atom stereocenters. The van der Waals surface area contributed by atoms with Crippen LogP contribution in [0.2, 0.25) is 5.02 Å². The molecule has 1 saturated heterocycles. The zero-order valence-corrected chi connectivity index (χ0v) is 21.7. The Kier molecular flexibility index (Phi) is 9.21. The Hall–Kier alpha value is -2.64. The van der Waals surface area contributed by atoms with E-state index in [1.165, 1.54) is 0 Å². The lowest BCUT2D eigenvalue weighted by Crippen LogP contribution is -2.41. The van der Waals surface area contributed by atoms with Crippen LogP contribution in [0.5, 0.6) is 0 Å². The Morgan fingerprint density at radius 3 is 2.81 bits per heavy atom. The summed E-state index contributed by atoms with van der Waals surface area (Å²) in [7, 11) is 1.73. The molecule has 1 aliphatic carbocycles. The molecule has 9 nitrogen and oxygen atoms in total. The Morgan fingerprint density at radius 1 is 1.31 bits per heavy atom. The number of hydrogen-bond donors (Lipinski definition) is 2. The fourth-order valence-corrected chi connectivity index (χ4v) is 4.91. The van der Waals surface area contributed by atoms with E-state index in [0.29, 0.717) is 73.8 Å². The minimum atomic E-state index is -0.467. The van der Waals surface area contributed by atoms with Crippen molar-refractivity contribution in [3.05, 3.63) is 29.5 Å². The monoisotopic (exact) mass is 511 g/mol. The number of methoxy groups -OCH3 is 1. The first-order chi connectivity index (χ1) is 17.5. The molecule has 1 unspecified atom stereocenters. The first kappa shape index (κ1) is 26.4. The van der Waals surface area contributed by atoms with Gasteiger partial charge in [-0.1, -0.05) is 11.6 Å². The van der Waals surface area contributed by atoms with Crippen molar-refractivity contribution in [2.75, 3.05) is 38.8 Å². The second kappa shape index (κ2) is 12.5. The van der Waals surface area contributed by atoms with Crippen LogP contribution in [-0.4, -0.2) is 66.2 Å². The van der Waals surface area contributed by atoms with E-state index >= 15 is 0 Å². The van der Waals surface area contributed by atoms with Crippen LogP contribution in [-0.2, 0) is 9.47 Å². The predicted octanol–water partition coefficient (Wildman–Crippen LogP) is 4.56. The van der Waals surface area contributed by atoms with E-state index in [2.05, 4.69) is 38.6 Å². The molecule has 4 rings (SSSR count). The first-order valence-corrected chi connectivity index (χ1v) is 12.9. The number of hydrogen-bond acceptors (Lipinski definition) is 9. The van der Waals surface area contributed by atoms with Crippen molar-refractivity contribution >= 4 is 29.1 Å². The number of nitrogens with one attached hydrogen (secondary N) is 2. The van der Waals surface area contributed by atoms with E-state index in [-0.39, 0.29) is 0 Å². The lowest BCUT2D eigenvalue weighted by molar-refractivity contribution is 0.0455. The number of ether oxygens (including phenoxy) is 2. The first-order valence-electron chi connectivity index (χ1n) is 12.5. The van der Waals surface area contributed by atoms with Gasteiger partial charge in [0.1, 0.15) is 0 Å². The highest BCUT2D eigenvalue weighted by Crippen LogP contribution is 2.32. The average molecular weight is 512 g/mol. The Bertz CT molecular complexity index is 1090. The van der Waals surface area contributed by atoms with Crippen molar-refractivity contribution in [2.24, 2.45) is 10.4 Å². The molecule has 2 N–H and O–H groups in total. The fraction of sp³-hybridized carbons (Fsp3) is 0.577. The van der Waals surface area contributed by atoms with Gasteiger partial charge in [0.25, 0.3) is 0 Å². The summed E-state index contributed by atoms with van der Waals surface area (Å²) in [4.78, 5) is 18.2. The van der Waals surface area contributed by atoms with Crippen LogP contribution in [0.1, 0.15) is 45.4 Å². The van der Waals surface area contributed by atoms with Gasteiger partial charge >= 0.3 is 0 Å². The van der Waals surface area contributed by atoms with Gasteiger partial charge < -0.3 is 20.1 Å².